The van der Waals surface area contributed by atoms with Crippen LogP contribution >= 0.6 is 22.9 Å². The lowest BCUT2D eigenvalue weighted by atomic mass is 10.3. The molecule has 0 amide bonds. The molecule has 0 aliphatic heterocycles. The van der Waals surface area contributed by atoms with Crippen LogP contribution in [0.5, 0.6) is 0 Å². The van der Waals surface area contributed by atoms with Gasteiger partial charge in [0, 0.05) is 11.1 Å². The van der Waals surface area contributed by atoms with Gasteiger partial charge >= 0.3 is 0 Å². The Morgan fingerprint density at radius 2 is 2.04 bits per heavy atom. The van der Waals surface area contributed by atoms with Crippen molar-refractivity contribution in [3.05, 3.63) is 64.2 Å². The third kappa shape index (κ3) is 2.74. The molecule has 24 heavy (non-hydrogen) atoms. The zero-order valence-electron chi connectivity index (χ0n) is 12.8. The lowest BCUT2D eigenvalue weighted by molar-refractivity contribution is 0.872. The number of benzene rings is 1. The molecular formula is C17H14ClN5S. The van der Waals surface area contributed by atoms with Crippen molar-refractivity contribution in [1.82, 2.24) is 19.5 Å². The molecule has 7 heteroatoms. The van der Waals surface area contributed by atoms with Gasteiger partial charge in [-0.3, -0.25) is 4.57 Å². The predicted octanol–water partition coefficient (Wildman–Crippen LogP) is 4.70. The van der Waals surface area contributed by atoms with Gasteiger partial charge < -0.3 is 5.32 Å². The first kappa shape index (κ1) is 15.1. The minimum absolute atomic E-state index is 0.0345. The molecule has 120 valence electrons. The van der Waals surface area contributed by atoms with Gasteiger partial charge in [-0.2, -0.15) is 4.98 Å². The van der Waals surface area contributed by atoms with Crippen LogP contribution in [0.2, 0.25) is 5.02 Å². The van der Waals surface area contributed by atoms with Crippen LogP contribution in [0, 0.1) is 0 Å². The monoisotopic (exact) mass is 355 g/mol. The van der Waals surface area contributed by atoms with Crippen LogP contribution in [0.25, 0.3) is 16.9 Å². The second kappa shape index (κ2) is 6.22. The van der Waals surface area contributed by atoms with Crippen LogP contribution in [0.15, 0.2) is 54.3 Å². The average molecular weight is 356 g/mol. The molecule has 3 aromatic heterocycles. The van der Waals surface area contributed by atoms with Crippen LogP contribution in [-0.4, -0.2) is 19.5 Å². The molecule has 1 aromatic carbocycles. The zero-order chi connectivity index (χ0) is 16.5. The number of nitrogens with zero attached hydrogens (tertiary/aromatic N) is 4. The normalized spacial score (nSPS) is 12.4. The fourth-order valence-electron chi connectivity index (χ4n) is 2.57. The van der Waals surface area contributed by atoms with Crippen molar-refractivity contribution in [3.63, 3.8) is 0 Å². The third-order valence-electron chi connectivity index (χ3n) is 3.72. The predicted molar refractivity (Wildman–Crippen MR) is 98.0 cm³/mol. The highest BCUT2D eigenvalue weighted by Crippen LogP contribution is 2.30. The van der Waals surface area contributed by atoms with Gasteiger partial charge in [0.2, 0.25) is 5.95 Å². The molecule has 5 nitrogen and oxygen atoms in total. The summed E-state index contributed by atoms with van der Waals surface area (Å²) in [6.45, 7) is 2.04. The highest BCUT2D eigenvalue weighted by Gasteiger charge is 2.13. The van der Waals surface area contributed by atoms with Gasteiger partial charge in [0.15, 0.2) is 0 Å². The van der Waals surface area contributed by atoms with E-state index in [9.17, 15) is 0 Å². The number of halogens is 1. The highest BCUT2D eigenvalue weighted by molar-refractivity contribution is 7.10. The van der Waals surface area contributed by atoms with Crippen molar-refractivity contribution >= 4 is 39.9 Å². The van der Waals surface area contributed by atoms with E-state index >= 15 is 0 Å². The number of hydrogen-bond donors (Lipinski definition) is 1. The fourth-order valence-corrected chi connectivity index (χ4v) is 3.80. The number of nitrogens with one attached hydrogen (secondary N) is 1. The maximum absolute atomic E-state index is 6.20. The van der Waals surface area contributed by atoms with Crippen LogP contribution in [0.1, 0.15) is 17.8 Å². The number of fused-ring (bicyclic) bond motifs is 1. The van der Waals surface area contributed by atoms with E-state index in [1.807, 2.05) is 53.3 Å². The highest BCUT2D eigenvalue weighted by atomic mass is 35.5. The zero-order valence-corrected chi connectivity index (χ0v) is 14.4. The van der Waals surface area contributed by atoms with Gasteiger partial charge in [0.05, 0.1) is 22.1 Å². The average Bonchev–Trinajstić information content (AvgIpc) is 3.21. The molecule has 3 heterocycles. The van der Waals surface area contributed by atoms with E-state index in [1.54, 1.807) is 23.9 Å². The molecule has 0 bridgehead atoms. The quantitative estimate of drug-likeness (QED) is 0.576. The Kier molecular flexibility index (Phi) is 3.92. The fraction of sp³-hybridized carbons (Fsp3) is 0.118. The van der Waals surface area contributed by atoms with Gasteiger partial charge in [-0.25, -0.2) is 9.97 Å². The minimum Gasteiger partial charge on any atom is -0.347 e. The number of aromatic nitrogens is 4. The van der Waals surface area contributed by atoms with Gasteiger partial charge in [-0.05, 0) is 36.6 Å². The SMILES string of the molecule is CC(Nc1nccc(-n2cnc3ccccc32)n1)c1sccc1Cl. The molecule has 4 aromatic rings. The first-order chi connectivity index (χ1) is 11.7. The van der Waals surface area contributed by atoms with Gasteiger partial charge in [0.25, 0.3) is 0 Å². The second-order valence-electron chi connectivity index (χ2n) is 5.34. The van der Waals surface area contributed by atoms with Crippen LogP contribution in [0.3, 0.4) is 0 Å². The Morgan fingerprint density at radius 3 is 2.88 bits per heavy atom. The number of anilines is 1. The number of para-hydroxylation sites is 2. The van der Waals surface area contributed by atoms with Crippen molar-refractivity contribution in [2.45, 2.75) is 13.0 Å². The number of imidazole rings is 1. The van der Waals surface area contributed by atoms with E-state index in [1.165, 1.54) is 0 Å². The van der Waals surface area contributed by atoms with Crippen molar-refractivity contribution in [1.29, 1.82) is 0 Å². The third-order valence-corrected chi connectivity index (χ3v) is 5.27. The number of rotatable bonds is 4. The van der Waals surface area contributed by atoms with Crippen molar-refractivity contribution in [3.8, 4) is 5.82 Å². The molecule has 1 N–H and O–H groups in total. The standard InChI is InChI=1S/C17H14ClN5S/c1-11(16-12(18)7-9-24-16)21-17-19-8-6-15(22-17)23-10-20-13-4-2-3-5-14(13)23/h2-11H,1H3,(H,19,21,22). The Labute approximate surface area is 148 Å². The van der Waals surface area contributed by atoms with Crippen molar-refractivity contribution in [2.24, 2.45) is 0 Å². The van der Waals surface area contributed by atoms with E-state index in [0.717, 1.165) is 26.8 Å². The summed E-state index contributed by atoms with van der Waals surface area (Å²) in [5, 5.41) is 6.04. The van der Waals surface area contributed by atoms with Crippen LogP contribution in [-0.2, 0) is 0 Å². The van der Waals surface area contributed by atoms with E-state index in [-0.39, 0.29) is 6.04 Å². The number of thiophene rings is 1. The van der Waals surface area contributed by atoms with Crippen molar-refractivity contribution < 1.29 is 0 Å². The molecule has 0 radical (unpaired) electrons. The summed E-state index contributed by atoms with van der Waals surface area (Å²) >= 11 is 7.81. The molecule has 0 spiro atoms. The molecule has 0 aliphatic carbocycles. The maximum atomic E-state index is 6.20. The molecule has 4 rings (SSSR count). The maximum Gasteiger partial charge on any atom is 0.225 e. The van der Waals surface area contributed by atoms with E-state index in [2.05, 4.69) is 20.3 Å². The smallest absolute Gasteiger partial charge is 0.225 e. The molecule has 0 saturated carbocycles. The molecule has 1 unspecified atom stereocenters. The van der Waals surface area contributed by atoms with E-state index < -0.39 is 0 Å². The molecule has 0 fully saturated rings. The molecule has 1 atom stereocenters. The van der Waals surface area contributed by atoms with Gasteiger partial charge in [-0.15, -0.1) is 11.3 Å². The summed E-state index contributed by atoms with van der Waals surface area (Å²) in [5.74, 6) is 1.33. The summed E-state index contributed by atoms with van der Waals surface area (Å²) < 4.78 is 1.95. The van der Waals surface area contributed by atoms with Crippen molar-refractivity contribution in [2.75, 3.05) is 5.32 Å². The first-order valence-electron chi connectivity index (χ1n) is 7.47. The lowest BCUT2D eigenvalue weighted by Crippen LogP contribution is -2.09. The molecule has 0 saturated heterocycles. The lowest BCUT2D eigenvalue weighted by Gasteiger charge is -2.13. The van der Waals surface area contributed by atoms with Gasteiger partial charge in [0.1, 0.15) is 12.1 Å². The molecule has 0 aliphatic rings. The van der Waals surface area contributed by atoms with E-state index in [4.69, 9.17) is 11.6 Å². The molecular weight excluding hydrogens is 342 g/mol. The van der Waals surface area contributed by atoms with Gasteiger partial charge in [-0.1, -0.05) is 23.7 Å². The first-order valence-corrected chi connectivity index (χ1v) is 8.73. The van der Waals surface area contributed by atoms with E-state index in [0.29, 0.717) is 5.95 Å². The topological polar surface area (TPSA) is 55.6 Å². The minimum atomic E-state index is 0.0345. The Morgan fingerprint density at radius 1 is 1.17 bits per heavy atom. The summed E-state index contributed by atoms with van der Waals surface area (Å²) in [7, 11) is 0. The largest absolute Gasteiger partial charge is 0.347 e. The number of hydrogen-bond acceptors (Lipinski definition) is 5. The Hall–Kier alpha value is -2.44. The van der Waals surface area contributed by atoms with Crippen LogP contribution < -0.4 is 5.32 Å². The summed E-state index contributed by atoms with van der Waals surface area (Å²) in [6, 6.07) is 11.8. The summed E-state index contributed by atoms with van der Waals surface area (Å²) in [5.41, 5.74) is 1.95. The Balaban J connectivity index is 1.65. The van der Waals surface area contributed by atoms with Crippen LogP contribution in [0.4, 0.5) is 5.95 Å². The summed E-state index contributed by atoms with van der Waals surface area (Å²) in [6.07, 6.45) is 3.51. The second-order valence-corrected chi connectivity index (χ2v) is 6.70. The Bertz CT molecular complexity index is 993. The summed E-state index contributed by atoms with van der Waals surface area (Å²) in [4.78, 5) is 14.4.